The first kappa shape index (κ1) is 11.2. The molecule has 0 aliphatic rings. The summed E-state index contributed by atoms with van der Waals surface area (Å²) in [5.41, 5.74) is 0.952. The topological polar surface area (TPSA) is 44.5 Å². The van der Waals surface area contributed by atoms with E-state index in [0.717, 1.165) is 17.9 Å². The molecule has 0 radical (unpaired) electrons. The lowest BCUT2D eigenvalue weighted by atomic mass is 10.3. The van der Waals surface area contributed by atoms with E-state index in [0.29, 0.717) is 13.2 Å². The zero-order valence-electron chi connectivity index (χ0n) is 8.95. The smallest absolute Gasteiger partial charge is 0.162 e. The summed E-state index contributed by atoms with van der Waals surface area (Å²) < 4.78 is 15.6. The van der Waals surface area contributed by atoms with Gasteiger partial charge in [0.1, 0.15) is 6.61 Å². The normalized spacial score (nSPS) is 13.1. The van der Waals surface area contributed by atoms with Crippen LogP contribution in [0.3, 0.4) is 0 Å². The van der Waals surface area contributed by atoms with Gasteiger partial charge in [-0.1, -0.05) is 12.1 Å². The zero-order valence-corrected chi connectivity index (χ0v) is 8.95. The monoisotopic (exact) mass is 199 g/mol. The highest BCUT2D eigenvalue weighted by molar-refractivity contribution is 5.03. The Kier molecular flexibility index (Phi) is 4.62. The third-order valence-electron chi connectivity index (χ3n) is 1.83. The molecule has 1 heterocycles. The fourth-order valence-corrected chi connectivity index (χ4v) is 1.07. The van der Waals surface area contributed by atoms with E-state index < -0.39 is 0 Å². The first-order valence-corrected chi connectivity index (χ1v) is 4.94. The van der Waals surface area contributed by atoms with Crippen LogP contribution in [0.25, 0.3) is 0 Å². The molecule has 0 aromatic carbocycles. The van der Waals surface area contributed by atoms with E-state index in [1.165, 1.54) is 0 Å². The third kappa shape index (κ3) is 3.47. The molecular formula is C10H17NO3. The van der Waals surface area contributed by atoms with E-state index in [-0.39, 0.29) is 6.29 Å². The van der Waals surface area contributed by atoms with Crippen molar-refractivity contribution in [1.82, 2.24) is 5.16 Å². The fraction of sp³-hybridized carbons (Fsp3) is 0.700. The molecule has 0 amide bonds. The van der Waals surface area contributed by atoms with Crippen molar-refractivity contribution in [1.29, 1.82) is 0 Å². The van der Waals surface area contributed by atoms with Gasteiger partial charge in [-0.15, -0.1) is 0 Å². The Hall–Kier alpha value is -0.870. The largest absolute Gasteiger partial charge is 0.359 e. The summed E-state index contributed by atoms with van der Waals surface area (Å²) in [7, 11) is 0. The van der Waals surface area contributed by atoms with E-state index in [1.54, 1.807) is 0 Å². The summed E-state index contributed by atoms with van der Waals surface area (Å²) >= 11 is 0. The summed E-state index contributed by atoms with van der Waals surface area (Å²) in [5, 5.41) is 3.86. The molecule has 0 N–H and O–H groups in total. The van der Waals surface area contributed by atoms with Crippen molar-refractivity contribution in [2.45, 2.75) is 40.1 Å². The first-order valence-electron chi connectivity index (χ1n) is 4.94. The van der Waals surface area contributed by atoms with Crippen LogP contribution in [0, 0.1) is 0 Å². The van der Waals surface area contributed by atoms with Gasteiger partial charge in [-0.05, 0) is 20.3 Å². The van der Waals surface area contributed by atoms with Crippen molar-refractivity contribution < 1.29 is 14.0 Å². The Morgan fingerprint density at radius 1 is 1.43 bits per heavy atom. The Labute approximate surface area is 84.2 Å². The molecule has 4 nitrogen and oxygen atoms in total. The lowest BCUT2D eigenvalue weighted by molar-refractivity contribution is -0.138. The van der Waals surface area contributed by atoms with Gasteiger partial charge in [-0.2, -0.15) is 0 Å². The predicted octanol–water partition coefficient (Wildman–Crippen LogP) is 2.14. The van der Waals surface area contributed by atoms with E-state index >= 15 is 0 Å². The van der Waals surface area contributed by atoms with Gasteiger partial charge in [0.15, 0.2) is 12.1 Å². The number of nitrogens with zero attached hydrogens (tertiary/aromatic N) is 1. The number of aryl methyl sites for hydroxylation is 1. The van der Waals surface area contributed by atoms with Gasteiger partial charge in [0, 0.05) is 12.7 Å². The standard InChI is InChI=1S/C10H17NO3/c1-4-9-6-10(14-11-9)7-13-8(3)12-5-2/h6,8H,4-5,7H2,1-3H3. The molecule has 0 saturated heterocycles. The minimum absolute atomic E-state index is 0.199. The minimum atomic E-state index is -0.199. The van der Waals surface area contributed by atoms with Gasteiger partial charge in [0.2, 0.25) is 0 Å². The van der Waals surface area contributed by atoms with E-state index in [2.05, 4.69) is 5.16 Å². The molecule has 0 fully saturated rings. The predicted molar refractivity (Wildman–Crippen MR) is 51.8 cm³/mol. The van der Waals surface area contributed by atoms with Crippen molar-refractivity contribution in [3.8, 4) is 0 Å². The molecule has 1 rings (SSSR count). The van der Waals surface area contributed by atoms with Gasteiger partial charge in [-0.25, -0.2) is 0 Å². The summed E-state index contributed by atoms with van der Waals surface area (Å²) in [6.07, 6.45) is 0.681. The summed E-state index contributed by atoms with van der Waals surface area (Å²) in [6, 6.07) is 1.90. The Morgan fingerprint density at radius 3 is 2.79 bits per heavy atom. The van der Waals surface area contributed by atoms with Crippen LogP contribution < -0.4 is 0 Å². The number of ether oxygens (including phenoxy) is 2. The average Bonchev–Trinajstić information content (AvgIpc) is 2.63. The molecule has 1 atom stereocenters. The van der Waals surface area contributed by atoms with Crippen molar-refractivity contribution in [2.75, 3.05) is 6.61 Å². The SMILES string of the molecule is CCOC(C)OCc1cc(CC)no1. The van der Waals surface area contributed by atoms with Gasteiger partial charge in [0.25, 0.3) is 0 Å². The molecule has 0 aliphatic carbocycles. The van der Waals surface area contributed by atoms with Gasteiger partial charge < -0.3 is 14.0 Å². The van der Waals surface area contributed by atoms with Crippen LogP contribution in [0.2, 0.25) is 0 Å². The minimum Gasteiger partial charge on any atom is -0.359 e. The maximum Gasteiger partial charge on any atom is 0.162 e. The van der Waals surface area contributed by atoms with Gasteiger partial charge in [0.05, 0.1) is 5.69 Å². The summed E-state index contributed by atoms with van der Waals surface area (Å²) in [5.74, 6) is 0.744. The molecule has 14 heavy (non-hydrogen) atoms. The van der Waals surface area contributed by atoms with Crippen molar-refractivity contribution in [3.63, 3.8) is 0 Å². The highest BCUT2D eigenvalue weighted by Crippen LogP contribution is 2.07. The average molecular weight is 199 g/mol. The second kappa shape index (κ2) is 5.78. The Morgan fingerprint density at radius 2 is 2.21 bits per heavy atom. The van der Waals surface area contributed by atoms with Crippen LogP contribution in [0.5, 0.6) is 0 Å². The molecule has 1 aromatic heterocycles. The number of rotatable bonds is 6. The molecular weight excluding hydrogens is 182 g/mol. The molecule has 4 heteroatoms. The molecule has 80 valence electrons. The third-order valence-corrected chi connectivity index (χ3v) is 1.83. The quantitative estimate of drug-likeness (QED) is 0.658. The van der Waals surface area contributed by atoms with E-state index in [1.807, 2.05) is 26.8 Å². The van der Waals surface area contributed by atoms with Gasteiger partial charge in [-0.3, -0.25) is 0 Å². The molecule has 0 aliphatic heterocycles. The molecule has 0 spiro atoms. The van der Waals surface area contributed by atoms with Crippen LogP contribution in [0.1, 0.15) is 32.2 Å². The van der Waals surface area contributed by atoms with E-state index in [9.17, 15) is 0 Å². The van der Waals surface area contributed by atoms with Crippen LogP contribution in [-0.4, -0.2) is 18.1 Å². The Balaban J connectivity index is 2.30. The summed E-state index contributed by atoms with van der Waals surface area (Å²) in [6.45, 7) is 6.89. The molecule has 1 unspecified atom stereocenters. The highest BCUT2D eigenvalue weighted by Gasteiger charge is 2.05. The molecule has 0 saturated carbocycles. The lowest BCUT2D eigenvalue weighted by Gasteiger charge is -2.10. The van der Waals surface area contributed by atoms with Crippen LogP contribution in [0.15, 0.2) is 10.6 Å². The van der Waals surface area contributed by atoms with Crippen molar-refractivity contribution >= 4 is 0 Å². The highest BCUT2D eigenvalue weighted by atomic mass is 16.7. The Bertz CT molecular complexity index is 260. The lowest BCUT2D eigenvalue weighted by Crippen LogP contribution is -2.12. The van der Waals surface area contributed by atoms with Crippen molar-refractivity contribution in [3.05, 3.63) is 17.5 Å². The van der Waals surface area contributed by atoms with E-state index in [4.69, 9.17) is 14.0 Å². The number of hydrogen-bond donors (Lipinski definition) is 0. The van der Waals surface area contributed by atoms with Crippen LogP contribution in [0.4, 0.5) is 0 Å². The molecule has 1 aromatic rings. The first-order chi connectivity index (χ1) is 6.76. The van der Waals surface area contributed by atoms with Crippen LogP contribution in [-0.2, 0) is 22.5 Å². The zero-order chi connectivity index (χ0) is 10.4. The summed E-state index contributed by atoms with van der Waals surface area (Å²) in [4.78, 5) is 0. The van der Waals surface area contributed by atoms with Crippen LogP contribution >= 0.6 is 0 Å². The second-order valence-corrected chi connectivity index (χ2v) is 2.97. The molecule has 0 bridgehead atoms. The number of aromatic nitrogens is 1. The fourth-order valence-electron chi connectivity index (χ4n) is 1.07. The van der Waals surface area contributed by atoms with Crippen molar-refractivity contribution in [2.24, 2.45) is 0 Å². The second-order valence-electron chi connectivity index (χ2n) is 2.97. The van der Waals surface area contributed by atoms with Gasteiger partial charge >= 0.3 is 0 Å². The number of hydrogen-bond acceptors (Lipinski definition) is 4. The maximum absolute atomic E-state index is 5.37. The maximum atomic E-state index is 5.37.